The Morgan fingerprint density at radius 1 is 1.21 bits per heavy atom. The van der Waals surface area contributed by atoms with Crippen molar-refractivity contribution in [2.45, 2.75) is 19.3 Å². The third-order valence-electron chi connectivity index (χ3n) is 4.35. The summed E-state index contributed by atoms with van der Waals surface area (Å²) in [6.07, 6.45) is 2.29. The van der Waals surface area contributed by atoms with Crippen molar-refractivity contribution in [2.75, 3.05) is 5.32 Å². The normalized spacial score (nSPS) is 16.6. The number of hydrogen-bond donors (Lipinski definition) is 1. The maximum Gasteiger partial charge on any atom is 0.226 e. The molecule has 3 aromatic rings. The molecule has 2 aromatic carbocycles. The van der Waals surface area contributed by atoms with Crippen molar-refractivity contribution in [3.63, 3.8) is 0 Å². The maximum atomic E-state index is 12.3. The first-order valence-electron chi connectivity index (χ1n) is 7.82. The summed E-state index contributed by atoms with van der Waals surface area (Å²) in [6, 6.07) is 16.2. The van der Waals surface area contributed by atoms with Gasteiger partial charge in [-0.3, -0.25) is 4.79 Å². The first kappa shape index (κ1) is 15.1. The maximum absolute atomic E-state index is 12.3. The number of rotatable bonds is 2. The summed E-state index contributed by atoms with van der Waals surface area (Å²) in [5.74, 6) is 0.798. The van der Waals surface area contributed by atoms with Gasteiger partial charge in [0, 0.05) is 22.4 Å². The number of carbonyl (C=O) groups is 1. The summed E-state index contributed by atoms with van der Waals surface area (Å²) in [7, 11) is 0. The lowest BCUT2D eigenvalue weighted by atomic mass is 9.87. The van der Waals surface area contributed by atoms with Crippen molar-refractivity contribution in [1.82, 2.24) is 9.78 Å². The van der Waals surface area contributed by atoms with Gasteiger partial charge in [0.15, 0.2) is 0 Å². The Labute approximate surface area is 148 Å². The molecule has 1 aliphatic rings. The van der Waals surface area contributed by atoms with Gasteiger partial charge in [0.1, 0.15) is 5.82 Å². The predicted molar refractivity (Wildman–Crippen MR) is 97.5 cm³/mol. The molecule has 0 fully saturated rings. The van der Waals surface area contributed by atoms with Gasteiger partial charge in [-0.1, -0.05) is 45.8 Å². The third kappa shape index (κ3) is 2.65. The van der Waals surface area contributed by atoms with Gasteiger partial charge in [0.05, 0.1) is 11.9 Å². The van der Waals surface area contributed by atoms with E-state index in [0.717, 1.165) is 27.1 Å². The van der Waals surface area contributed by atoms with Crippen molar-refractivity contribution >= 4 is 27.7 Å². The molecule has 0 saturated heterocycles. The predicted octanol–water partition coefficient (Wildman–Crippen LogP) is 4.42. The molecule has 4 nitrogen and oxygen atoms in total. The van der Waals surface area contributed by atoms with Crippen molar-refractivity contribution in [3.8, 4) is 5.69 Å². The molecule has 1 amide bonds. The van der Waals surface area contributed by atoms with Gasteiger partial charge < -0.3 is 5.32 Å². The van der Waals surface area contributed by atoms with Crippen LogP contribution < -0.4 is 5.32 Å². The highest BCUT2D eigenvalue weighted by Crippen LogP contribution is 2.38. The van der Waals surface area contributed by atoms with E-state index in [-0.39, 0.29) is 11.8 Å². The topological polar surface area (TPSA) is 46.9 Å². The van der Waals surface area contributed by atoms with Crippen LogP contribution in [0.5, 0.6) is 0 Å². The highest BCUT2D eigenvalue weighted by molar-refractivity contribution is 9.10. The van der Waals surface area contributed by atoms with Crippen LogP contribution >= 0.6 is 15.9 Å². The van der Waals surface area contributed by atoms with Crippen LogP contribution in [0.3, 0.4) is 0 Å². The molecule has 1 unspecified atom stereocenters. The molecule has 1 N–H and O–H groups in total. The van der Waals surface area contributed by atoms with E-state index in [0.29, 0.717) is 6.42 Å². The smallest absolute Gasteiger partial charge is 0.226 e. The van der Waals surface area contributed by atoms with Crippen LogP contribution in [-0.2, 0) is 4.79 Å². The summed E-state index contributed by atoms with van der Waals surface area (Å²) in [6.45, 7) is 2.05. The summed E-state index contributed by atoms with van der Waals surface area (Å²) >= 11 is 3.51. The van der Waals surface area contributed by atoms with Crippen LogP contribution in [0.4, 0.5) is 5.82 Å². The molecule has 5 heteroatoms. The molecule has 1 aromatic heterocycles. The molecule has 120 valence electrons. The van der Waals surface area contributed by atoms with Crippen molar-refractivity contribution in [3.05, 3.63) is 75.9 Å². The van der Waals surface area contributed by atoms with E-state index in [4.69, 9.17) is 0 Å². The zero-order chi connectivity index (χ0) is 16.7. The minimum absolute atomic E-state index is 0.0151. The molecule has 1 aliphatic heterocycles. The Balaban J connectivity index is 1.81. The van der Waals surface area contributed by atoms with Crippen LogP contribution in [0.1, 0.15) is 29.0 Å². The van der Waals surface area contributed by atoms with E-state index in [2.05, 4.69) is 38.5 Å². The lowest BCUT2D eigenvalue weighted by Crippen LogP contribution is -2.24. The lowest BCUT2D eigenvalue weighted by molar-refractivity contribution is -0.116. The van der Waals surface area contributed by atoms with Gasteiger partial charge in [-0.05, 0) is 36.8 Å². The molecule has 0 spiro atoms. The Bertz CT molecular complexity index is 915. The van der Waals surface area contributed by atoms with E-state index in [9.17, 15) is 4.79 Å². The molecule has 1 atom stereocenters. The number of nitrogens with one attached hydrogen (secondary N) is 1. The standard InChI is InChI=1S/C19H16BrN3O/c1-12-5-7-15(8-6-12)23-19-17(11-21-23)16(10-18(24)22-19)13-3-2-4-14(20)9-13/h2-9,11,16H,10H2,1H3,(H,22,24). The Morgan fingerprint density at radius 3 is 2.75 bits per heavy atom. The Hall–Kier alpha value is -2.40. The average molecular weight is 382 g/mol. The highest BCUT2D eigenvalue weighted by atomic mass is 79.9. The first-order valence-corrected chi connectivity index (χ1v) is 8.61. The SMILES string of the molecule is Cc1ccc(-n2ncc3c2NC(=O)CC3c2cccc(Br)c2)cc1. The van der Waals surface area contributed by atoms with Gasteiger partial charge in [-0.25, -0.2) is 4.68 Å². The Kier molecular flexibility index (Phi) is 3.73. The number of amides is 1. The van der Waals surface area contributed by atoms with Gasteiger partial charge >= 0.3 is 0 Å². The second-order valence-corrected chi connectivity index (χ2v) is 6.97. The average Bonchev–Trinajstić information content (AvgIpc) is 2.98. The zero-order valence-corrected chi connectivity index (χ0v) is 14.7. The van der Waals surface area contributed by atoms with E-state index in [1.54, 1.807) is 4.68 Å². The second kappa shape index (κ2) is 5.91. The quantitative estimate of drug-likeness (QED) is 0.714. The van der Waals surface area contributed by atoms with E-state index in [1.165, 1.54) is 5.56 Å². The lowest BCUT2D eigenvalue weighted by Gasteiger charge is -2.24. The van der Waals surface area contributed by atoms with Gasteiger partial charge in [-0.2, -0.15) is 5.10 Å². The summed E-state index contributed by atoms with van der Waals surface area (Å²) in [5.41, 5.74) is 4.30. The van der Waals surface area contributed by atoms with Crippen LogP contribution in [0, 0.1) is 6.92 Å². The molecule has 0 aliphatic carbocycles. The van der Waals surface area contributed by atoms with Gasteiger partial charge in [0.25, 0.3) is 0 Å². The number of aryl methyl sites for hydroxylation is 1. The molecule has 0 bridgehead atoms. The molecular formula is C19H16BrN3O. The number of nitrogens with zero attached hydrogens (tertiary/aromatic N) is 2. The van der Waals surface area contributed by atoms with Crippen LogP contribution in [0.15, 0.2) is 59.2 Å². The number of anilines is 1. The van der Waals surface area contributed by atoms with E-state index >= 15 is 0 Å². The fourth-order valence-corrected chi connectivity index (χ4v) is 3.54. The van der Waals surface area contributed by atoms with Gasteiger partial charge in [0.2, 0.25) is 5.91 Å². The van der Waals surface area contributed by atoms with E-state index < -0.39 is 0 Å². The summed E-state index contributed by atoms with van der Waals surface area (Å²) in [5, 5.41) is 7.51. The highest BCUT2D eigenvalue weighted by Gasteiger charge is 2.30. The number of carbonyl (C=O) groups excluding carboxylic acids is 1. The third-order valence-corrected chi connectivity index (χ3v) is 4.84. The zero-order valence-electron chi connectivity index (χ0n) is 13.2. The Morgan fingerprint density at radius 2 is 2.00 bits per heavy atom. The molecule has 2 heterocycles. The monoisotopic (exact) mass is 381 g/mol. The first-order chi connectivity index (χ1) is 11.6. The summed E-state index contributed by atoms with van der Waals surface area (Å²) in [4.78, 5) is 12.3. The van der Waals surface area contributed by atoms with Crippen molar-refractivity contribution in [2.24, 2.45) is 0 Å². The van der Waals surface area contributed by atoms with Crippen LogP contribution in [0.2, 0.25) is 0 Å². The molecule has 24 heavy (non-hydrogen) atoms. The number of fused-ring (bicyclic) bond motifs is 1. The van der Waals surface area contributed by atoms with Crippen molar-refractivity contribution < 1.29 is 4.79 Å². The summed E-state index contributed by atoms with van der Waals surface area (Å²) < 4.78 is 2.81. The minimum atomic E-state index is 0.0151. The fraction of sp³-hybridized carbons (Fsp3) is 0.158. The van der Waals surface area contributed by atoms with E-state index in [1.807, 2.05) is 49.5 Å². The minimum Gasteiger partial charge on any atom is -0.310 e. The number of benzene rings is 2. The number of aromatic nitrogens is 2. The number of hydrogen-bond acceptors (Lipinski definition) is 2. The molecule has 0 radical (unpaired) electrons. The fourth-order valence-electron chi connectivity index (χ4n) is 3.12. The van der Waals surface area contributed by atoms with Crippen LogP contribution in [-0.4, -0.2) is 15.7 Å². The second-order valence-electron chi connectivity index (χ2n) is 6.06. The molecule has 4 rings (SSSR count). The van der Waals surface area contributed by atoms with Gasteiger partial charge in [-0.15, -0.1) is 0 Å². The number of halogens is 1. The molecule has 0 saturated carbocycles. The largest absolute Gasteiger partial charge is 0.310 e. The van der Waals surface area contributed by atoms with Crippen LogP contribution in [0.25, 0.3) is 5.69 Å². The van der Waals surface area contributed by atoms with Crippen molar-refractivity contribution in [1.29, 1.82) is 0 Å². The molecular weight excluding hydrogens is 366 g/mol.